The molecule has 0 spiro atoms. The fourth-order valence-corrected chi connectivity index (χ4v) is 2.07. The highest BCUT2D eigenvalue weighted by Gasteiger charge is 2.29. The smallest absolute Gasteiger partial charge is 0.222 e. The fourth-order valence-electron chi connectivity index (χ4n) is 2.07. The number of likely N-dealkylation sites (tertiary alicyclic amines) is 1. The number of amides is 1. The summed E-state index contributed by atoms with van der Waals surface area (Å²) in [7, 11) is 2.01. The first-order chi connectivity index (χ1) is 7.47. The van der Waals surface area contributed by atoms with Gasteiger partial charge in [-0.2, -0.15) is 0 Å². The highest BCUT2D eigenvalue weighted by molar-refractivity contribution is 5.76. The number of hydrogen-bond donors (Lipinski definition) is 1. The van der Waals surface area contributed by atoms with E-state index in [0.717, 1.165) is 32.4 Å². The normalized spacial score (nSPS) is 20.2. The average molecular weight is 226 g/mol. The van der Waals surface area contributed by atoms with Crippen LogP contribution in [0.4, 0.5) is 0 Å². The van der Waals surface area contributed by atoms with Crippen LogP contribution in [0.3, 0.4) is 0 Å². The van der Waals surface area contributed by atoms with Gasteiger partial charge in [0.2, 0.25) is 5.91 Å². The summed E-state index contributed by atoms with van der Waals surface area (Å²) in [6, 6.07) is 0. The van der Waals surface area contributed by atoms with Gasteiger partial charge in [-0.1, -0.05) is 13.8 Å². The number of piperidine rings is 1. The van der Waals surface area contributed by atoms with Crippen LogP contribution in [0.2, 0.25) is 0 Å². The lowest BCUT2D eigenvalue weighted by Gasteiger charge is -2.39. The number of rotatable bonds is 4. The molecular weight excluding hydrogens is 200 g/mol. The number of carbonyl (C=O) groups is 1. The summed E-state index contributed by atoms with van der Waals surface area (Å²) in [5.74, 6) is 0.961. The molecule has 1 amide bonds. The molecule has 0 bridgehead atoms. The molecule has 3 heteroatoms. The third-order valence-corrected chi connectivity index (χ3v) is 3.76. The van der Waals surface area contributed by atoms with Crippen LogP contribution in [0.15, 0.2) is 0 Å². The second-order valence-corrected chi connectivity index (χ2v) is 5.62. The van der Waals surface area contributed by atoms with E-state index in [1.54, 1.807) is 0 Å². The lowest BCUT2D eigenvalue weighted by Crippen LogP contribution is -2.51. The highest BCUT2D eigenvalue weighted by Crippen LogP contribution is 2.21. The van der Waals surface area contributed by atoms with Crippen molar-refractivity contribution in [3.63, 3.8) is 0 Å². The predicted molar refractivity (Wildman–Crippen MR) is 67.4 cm³/mol. The molecule has 1 aliphatic heterocycles. The molecule has 3 nitrogen and oxygen atoms in total. The molecule has 1 heterocycles. The van der Waals surface area contributed by atoms with E-state index in [4.69, 9.17) is 0 Å². The van der Waals surface area contributed by atoms with Crippen LogP contribution < -0.4 is 5.32 Å². The Labute approximate surface area is 99.6 Å². The SMILES string of the molecule is CNC1(C)CCN(C(=O)CCC(C)C)CC1. The molecule has 0 aliphatic carbocycles. The quantitative estimate of drug-likeness (QED) is 0.795. The van der Waals surface area contributed by atoms with E-state index >= 15 is 0 Å². The molecule has 16 heavy (non-hydrogen) atoms. The van der Waals surface area contributed by atoms with Crippen LogP contribution in [0.25, 0.3) is 0 Å². The predicted octanol–water partition coefficient (Wildman–Crippen LogP) is 2.02. The van der Waals surface area contributed by atoms with Gasteiger partial charge in [0.1, 0.15) is 0 Å². The summed E-state index contributed by atoms with van der Waals surface area (Å²) in [5.41, 5.74) is 0.231. The van der Waals surface area contributed by atoms with Crippen molar-refractivity contribution in [2.45, 2.75) is 52.0 Å². The van der Waals surface area contributed by atoms with Gasteiger partial charge in [-0.3, -0.25) is 4.79 Å². The molecule has 0 aromatic rings. The third kappa shape index (κ3) is 3.78. The molecule has 1 saturated heterocycles. The average Bonchev–Trinajstić information content (AvgIpc) is 2.27. The lowest BCUT2D eigenvalue weighted by atomic mass is 9.89. The number of nitrogens with one attached hydrogen (secondary N) is 1. The summed E-state index contributed by atoms with van der Waals surface area (Å²) in [6.07, 6.45) is 3.86. The Morgan fingerprint density at radius 2 is 1.94 bits per heavy atom. The standard InChI is InChI=1S/C13H26N2O/c1-11(2)5-6-12(16)15-9-7-13(3,14-4)8-10-15/h11,14H,5-10H2,1-4H3. The van der Waals surface area contributed by atoms with Gasteiger partial charge in [0.15, 0.2) is 0 Å². The second kappa shape index (κ2) is 5.67. The Hall–Kier alpha value is -0.570. The van der Waals surface area contributed by atoms with Gasteiger partial charge >= 0.3 is 0 Å². The molecule has 0 radical (unpaired) electrons. The van der Waals surface area contributed by atoms with Gasteiger partial charge in [0, 0.05) is 25.0 Å². The van der Waals surface area contributed by atoms with E-state index in [0.29, 0.717) is 18.2 Å². The zero-order valence-electron chi connectivity index (χ0n) is 11.2. The highest BCUT2D eigenvalue weighted by atomic mass is 16.2. The van der Waals surface area contributed by atoms with Gasteiger partial charge < -0.3 is 10.2 Å². The van der Waals surface area contributed by atoms with E-state index in [9.17, 15) is 4.79 Å². The van der Waals surface area contributed by atoms with Gasteiger partial charge in [-0.15, -0.1) is 0 Å². The first kappa shape index (κ1) is 13.5. The first-order valence-corrected chi connectivity index (χ1v) is 6.43. The summed E-state index contributed by atoms with van der Waals surface area (Å²) < 4.78 is 0. The minimum atomic E-state index is 0.231. The molecule has 0 aromatic heterocycles. The van der Waals surface area contributed by atoms with Crippen molar-refractivity contribution in [2.24, 2.45) is 5.92 Å². The topological polar surface area (TPSA) is 32.3 Å². The van der Waals surface area contributed by atoms with Crippen LogP contribution in [0.5, 0.6) is 0 Å². The molecule has 1 N–H and O–H groups in total. The first-order valence-electron chi connectivity index (χ1n) is 6.43. The van der Waals surface area contributed by atoms with E-state index in [-0.39, 0.29) is 5.54 Å². The lowest BCUT2D eigenvalue weighted by molar-refractivity contribution is -0.133. The maximum Gasteiger partial charge on any atom is 0.222 e. The minimum Gasteiger partial charge on any atom is -0.343 e. The summed E-state index contributed by atoms with van der Waals surface area (Å²) >= 11 is 0. The second-order valence-electron chi connectivity index (χ2n) is 5.62. The van der Waals surface area contributed by atoms with Gasteiger partial charge in [0.25, 0.3) is 0 Å². The van der Waals surface area contributed by atoms with E-state index < -0.39 is 0 Å². The summed E-state index contributed by atoms with van der Waals surface area (Å²) in [4.78, 5) is 13.9. The monoisotopic (exact) mass is 226 g/mol. The minimum absolute atomic E-state index is 0.231. The molecule has 0 unspecified atom stereocenters. The summed E-state index contributed by atoms with van der Waals surface area (Å²) in [5, 5.41) is 3.35. The van der Waals surface area contributed by atoms with E-state index in [1.807, 2.05) is 11.9 Å². The fraction of sp³-hybridized carbons (Fsp3) is 0.923. The van der Waals surface area contributed by atoms with Gasteiger partial charge in [-0.25, -0.2) is 0 Å². The molecule has 0 atom stereocenters. The zero-order valence-corrected chi connectivity index (χ0v) is 11.2. The Balaban J connectivity index is 2.33. The van der Waals surface area contributed by atoms with E-state index in [1.165, 1.54) is 0 Å². The van der Waals surface area contributed by atoms with Crippen molar-refractivity contribution < 1.29 is 4.79 Å². The Morgan fingerprint density at radius 3 is 2.38 bits per heavy atom. The molecule has 0 saturated carbocycles. The molecule has 1 aliphatic rings. The van der Waals surface area contributed by atoms with Crippen molar-refractivity contribution in [3.8, 4) is 0 Å². The van der Waals surface area contributed by atoms with Crippen molar-refractivity contribution in [1.82, 2.24) is 10.2 Å². The van der Waals surface area contributed by atoms with Crippen LogP contribution in [-0.2, 0) is 4.79 Å². The molecule has 1 rings (SSSR count). The maximum absolute atomic E-state index is 11.9. The molecule has 0 aromatic carbocycles. The molecule has 94 valence electrons. The molecule has 1 fully saturated rings. The number of carbonyl (C=O) groups excluding carboxylic acids is 1. The van der Waals surface area contributed by atoms with Gasteiger partial charge in [-0.05, 0) is 39.2 Å². The van der Waals surface area contributed by atoms with Crippen LogP contribution >= 0.6 is 0 Å². The number of nitrogens with zero attached hydrogens (tertiary/aromatic N) is 1. The van der Waals surface area contributed by atoms with Crippen LogP contribution in [0.1, 0.15) is 46.5 Å². The van der Waals surface area contributed by atoms with Crippen molar-refractivity contribution in [3.05, 3.63) is 0 Å². The number of hydrogen-bond acceptors (Lipinski definition) is 2. The summed E-state index contributed by atoms with van der Waals surface area (Å²) in [6.45, 7) is 8.40. The largest absolute Gasteiger partial charge is 0.343 e. The Morgan fingerprint density at radius 1 is 1.38 bits per heavy atom. The van der Waals surface area contributed by atoms with Gasteiger partial charge in [0.05, 0.1) is 0 Å². The third-order valence-electron chi connectivity index (χ3n) is 3.76. The van der Waals surface area contributed by atoms with Crippen LogP contribution in [0, 0.1) is 5.92 Å². The maximum atomic E-state index is 11.9. The van der Waals surface area contributed by atoms with Crippen molar-refractivity contribution in [2.75, 3.05) is 20.1 Å². The molecular formula is C13H26N2O. The van der Waals surface area contributed by atoms with Crippen LogP contribution in [-0.4, -0.2) is 36.5 Å². The Kier molecular flexibility index (Phi) is 4.78. The van der Waals surface area contributed by atoms with Crippen molar-refractivity contribution in [1.29, 1.82) is 0 Å². The van der Waals surface area contributed by atoms with E-state index in [2.05, 4.69) is 26.1 Å². The van der Waals surface area contributed by atoms with Crippen molar-refractivity contribution >= 4 is 5.91 Å². The zero-order chi connectivity index (χ0) is 12.2. The Bertz CT molecular complexity index is 230.